The molecular weight excluding hydrogens is 212 g/mol. The Bertz CT molecular complexity index is 222. The molecule has 17 heavy (non-hydrogen) atoms. The molecule has 0 heterocycles. The fourth-order valence-electron chi connectivity index (χ4n) is 2.51. The number of nitrogens with one attached hydrogen (secondary N) is 1. The quantitative estimate of drug-likeness (QED) is 0.718. The molecule has 1 aliphatic carbocycles. The number of hydrogen-bond acceptors (Lipinski definition) is 2. The van der Waals surface area contributed by atoms with Gasteiger partial charge in [-0.05, 0) is 38.5 Å². The van der Waals surface area contributed by atoms with Gasteiger partial charge in [0.15, 0.2) is 0 Å². The second kappa shape index (κ2) is 7.70. The molecule has 0 saturated heterocycles. The lowest BCUT2D eigenvalue weighted by atomic mass is 10.0. The summed E-state index contributed by atoms with van der Waals surface area (Å²) in [4.78, 5) is 11.8. The van der Waals surface area contributed by atoms with Crippen molar-refractivity contribution in [2.45, 2.75) is 64.8 Å². The molecule has 1 aliphatic rings. The van der Waals surface area contributed by atoms with Crippen LogP contribution in [0, 0.1) is 11.8 Å². The Hall–Kier alpha value is -0.570. The van der Waals surface area contributed by atoms with E-state index in [0.717, 1.165) is 31.7 Å². The van der Waals surface area contributed by atoms with Crippen LogP contribution in [0.25, 0.3) is 0 Å². The number of hydrogen-bond donors (Lipinski definition) is 2. The molecule has 0 spiro atoms. The van der Waals surface area contributed by atoms with Gasteiger partial charge in [0.05, 0.1) is 0 Å². The van der Waals surface area contributed by atoms with Gasteiger partial charge < -0.3 is 11.1 Å². The second-order valence-corrected chi connectivity index (χ2v) is 5.70. The molecule has 3 N–H and O–H groups in total. The smallest absolute Gasteiger partial charge is 0.222 e. The predicted molar refractivity (Wildman–Crippen MR) is 71.6 cm³/mol. The average Bonchev–Trinajstić information content (AvgIpc) is 2.78. The van der Waals surface area contributed by atoms with Crippen LogP contribution in [0.1, 0.15) is 58.8 Å². The van der Waals surface area contributed by atoms with Crippen molar-refractivity contribution in [3.63, 3.8) is 0 Å². The molecule has 1 saturated carbocycles. The lowest BCUT2D eigenvalue weighted by Gasteiger charge is -2.15. The maximum atomic E-state index is 11.8. The Morgan fingerprint density at radius 2 is 1.94 bits per heavy atom. The normalized spacial score (nSPS) is 20.2. The molecule has 0 aromatic rings. The van der Waals surface area contributed by atoms with Crippen molar-refractivity contribution >= 4 is 5.91 Å². The zero-order valence-electron chi connectivity index (χ0n) is 11.4. The molecule has 0 aliphatic heterocycles. The summed E-state index contributed by atoms with van der Waals surface area (Å²) in [5, 5.41) is 3.09. The number of amides is 1. The summed E-state index contributed by atoms with van der Waals surface area (Å²) in [5.41, 5.74) is 5.70. The van der Waals surface area contributed by atoms with E-state index < -0.39 is 0 Å². The van der Waals surface area contributed by atoms with Crippen LogP contribution in [-0.4, -0.2) is 18.5 Å². The van der Waals surface area contributed by atoms with Crippen molar-refractivity contribution in [2.24, 2.45) is 17.6 Å². The van der Waals surface area contributed by atoms with E-state index in [9.17, 15) is 4.79 Å². The molecule has 0 aromatic carbocycles. The number of rotatable bonds is 7. The van der Waals surface area contributed by atoms with Crippen LogP contribution in [0.15, 0.2) is 0 Å². The lowest BCUT2D eigenvalue weighted by molar-refractivity contribution is -0.124. The zero-order chi connectivity index (χ0) is 12.7. The second-order valence-electron chi connectivity index (χ2n) is 5.70. The summed E-state index contributed by atoms with van der Waals surface area (Å²) in [5.74, 6) is 1.09. The van der Waals surface area contributed by atoms with Crippen LogP contribution < -0.4 is 11.1 Å². The average molecular weight is 240 g/mol. The molecule has 2 atom stereocenters. The summed E-state index contributed by atoms with van der Waals surface area (Å²) in [6.45, 7) is 4.92. The fraction of sp³-hybridized carbons (Fsp3) is 0.929. The van der Waals surface area contributed by atoms with E-state index in [4.69, 9.17) is 5.73 Å². The first-order chi connectivity index (χ1) is 8.09. The van der Waals surface area contributed by atoms with E-state index in [1.165, 1.54) is 25.7 Å². The molecule has 1 amide bonds. The molecular formula is C14H28N2O. The Kier molecular flexibility index (Phi) is 6.56. The van der Waals surface area contributed by atoms with Gasteiger partial charge in [0, 0.05) is 18.5 Å². The van der Waals surface area contributed by atoms with Gasteiger partial charge in [-0.15, -0.1) is 0 Å². The monoisotopic (exact) mass is 240 g/mol. The van der Waals surface area contributed by atoms with Crippen molar-refractivity contribution in [2.75, 3.05) is 6.54 Å². The van der Waals surface area contributed by atoms with Gasteiger partial charge in [0.2, 0.25) is 5.91 Å². The molecule has 100 valence electrons. The van der Waals surface area contributed by atoms with Crippen molar-refractivity contribution in [1.29, 1.82) is 0 Å². The van der Waals surface area contributed by atoms with Gasteiger partial charge in [-0.1, -0.05) is 26.2 Å². The van der Waals surface area contributed by atoms with E-state index in [0.29, 0.717) is 0 Å². The highest BCUT2D eigenvalue weighted by atomic mass is 16.1. The third-order valence-electron chi connectivity index (χ3n) is 3.78. The predicted octanol–water partition coefficient (Wildman–Crippen LogP) is 2.45. The van der Waals surface area contributed by atoms with Crippen molar-refractivity contribution in [1.82, 2.24) is 5.32 Å². The summed E-state index contributed by atoms with van der Waals surface area (Å²) in [6.07, 6.45) is 8.28. The molecule has 1 rings (SSSR count). The Balaban J connectivity index is 2.08. The Morgan fingerprint density at radius 1 is 1.29 bits per heavy atom. The van der Waals surface area contributed by atoms with Crippen LogP contribution in [0.5, 0.6) is 0 Å². The van der Waals surface area contributed by atoms with Gasteiger partial charge in [-0.2, -0.15) is 0 Å². The van der Waals surface area contributed by atoms with Gasteiger partial charge >= 0.3 is 0 Å². The van der Waals surface area contributed by atoms with Crippen LogP contribution in [-0.2, 0) is 4.79 Å². The number of nitrogens with two attached hydrogens (primary N) is 1. The van der Waals surface area contributed by atoms with Crippen LogP contribution >= 0.6 is 0 Å². The van der Waals surface area contributed by atoms with Crippen LogP contribution in [0.3, 0.4) is 0 Å². The topological polar surface area (TPSA) is 55.1 Å². The first kappa shape index (κ1) is 14.5. The van der Waals surface area contributed by atoms with E-state index >= 15 is 0 Å². The fourth-order valence-corrected chi connectivity index (χ4v) is 2.51. The van der Waals surface area contributed by atoms with E-state index in [1.807, 2.05) is 13.8 Å². The number of carbonyl (C=O) groups excluding carboxylic acids is 1. The Labute approximate surface area is 106 Å². The van der Waals surface area contributed by atoms with E-state index in [2.05, 4.69) is 5.32 Å². The molecule has 3 heteroatoms. The van der Waals surface area contributed by atoms with Gasteiger partial charge in [-0.25, -0.2) is 0 Å². The molecule has 1 fully saturated rings. The van der Waals surface area contributed by atoms with Gasteiger partial charge in [-0.3, -0.25) is 4.79 Å². The zero-order valence-corrected chi connectivity index (χ0v) is 11.4. The number of carbonyl (C=O) groups is 1. The minimum Gasteiger partial charge on any atom is -0.356 e. The third kappa shape index (κ3) is 6.06. The van der Waals surface area contributed by atoms with Crippen molar-refractivity contribution in [3.05, 3.63) is 0 Å². The van der Waals surface area contributed by atoms with E-state index in [1.54, 1.807) is 0 Å². The molecule has 0 aromatic heterocycles. The SMILES string of the molecule is CC(N)CCCC(C)C(=O)NCC1CCCC1. The summed E-state index contributed by atoms with van der Waals surface area (Å²) < 4.78 is 0. The highest BCUT2D eigenvalue weighted by Gasteiger charge is 2.18. The largest absolute Gasteiger partial charge is 0.356 e. The molecule has 0 bridgehead atoms. The van der Waals surface area contributed by atoms with Crippen LogP contribution in [0.2, 0.25) is 0 Å². The standard InChI is InChI=1S/C14H28N2O/c1-11(6-5-7-12(2)15)14(17)16-10-13-8-3-4-9-13/h11-13H,3-10,15H2,1-2H3,(H,16,17). The van der Waals surface area contributed by atoms with Gasteiger partial charge in [0.1, 0.15) is 0 Å². The first-order valence-electron chi connectivity index (χ1n) is 7.13. The maximum Gasteiger partial charge on any atom is 0.222 e. The summed E-state index contributed by atoms with van der Waals surface area (Å²) >= 11 is 0. The highest BCUT2D eigenvalue weighted by Crippen LogP contribution is 2.23. The van der Waals surface area contributed by atoms with Gasteiger partial charge in [0.25, 0.3) is 0 Å². The van der Waals surface area contributed by atoms with E-state index in [-0.39, 0.29) is 17.9 Å². The first-order valence-corrected chi connectivity index (χ1v) is 7.13. The summed E-state index contributed by atoms with van der Waals surface area (Å²) in [7, 11) is 0. The third-order valence-corrected chi connectivity index (χ3v) is 3.78. The molecule has 0 radical (unpaired) electrons. The summed E-state index contributed by atoms with van der Waals surface area (Å²) in [6, 6.07) is 0.253. The highest BCUT2D eigenvalue weighted by molar-refractivity contribution is 5.78. The minimum absolute atomic E-state index is 0.134. The maximum absolute atomic E-state index is 11.8. The van der Waals surface area contributed by atoms with Crippen LogP contribution in [0.4, 0.5) is 0 Å². The molecule has 2 unspecified atom stereocenters. The molecule has 3 nitrogen and oxygen atoms in total. The van der Waals surface area contributed by atoms with Crippen molar-refractivity contribution < 1.29 is 4.79 Å². The Morgan fingerprint density at radius 3 is 2.53 bits per heavy atom. The van der Waals surface area contributed by atoms with Crippen molar-refractivity contribution in [3.8, 4) is 0 Å². The lowest BCUT2D eigenvalue weighted by Crippen LogP contribution is -2.32. The minimum atomic E-state index is 0.134.